The van der Waals surface area contributed by atoms with Crippen molar-refractivity contribution in [3.8, 4) is 0 Å². The fourth-order valence-corrected chi connectivity index (χ4v) is 5.66. The third-order valence-electron chi connectivity index (χ3n) is 6.28. The van der Waals surface area contributed by atoms with Crippen molar-refractivity contribution in [3.05, 3.63) is 35.9 Å². The lowest BCUT2D eigenvalue weighted by Crippen LogP contribution is -2.60. The zero-order valence-electron chi connectivity index (χ0n) is 13.3. The minimum atomic E-state index is -0.157. The van der Waals surface area contributed by atoms with Gasteiger partial charge in [0.25, 0.3) is 0 Å². The summed E-state index contributed by atoms with van der Waals surface area (Å²) in [4.78, 5) is 12.3. The molecule has 1 N–H and O–H groups in total. The lowest BCUT2D eigenvalue weighted by molar-refractivity contribution is -0.171. The predicted molar refractivity (Wildman–Crippen MR) is 85.1 cm³/mol. The molecule has 4 fully saturated rings. The van der Waals surface area contributed by atoms with Crippen LogP contribution in [0.15, 0.2) is 30.3 Å². The predicted octanol–water partition coefficient (Wildman–Crippen LogP) is 3.14. The van der Waals surface area contributed by atoms with Crippen molar-refractivity contribution in [3.63, 3.8) is 0 Å². The van der Waals surface area contributed by atoms with Crippen LogP contribution in [0.2, 0.25) is 0 Å². The summed E-state index contributed by atoms with van der Waals surface area (Å²) in [5.74, 6) is 2.09. The summed E-state index contributed by atoms with van der Waals surface area (Å²) in [5.41, 5.74) is 1.19. The third-order valence-corrected chi connectivity index (χ3v) is 6.28. The molecule has 4 saturated carbocycles. The Kier molecular flexibility index (Phi) is 3.48. The van der Waals surface area contributed by atoms with Crippen LogP contribution < -0.4 is 5.32 Å². The average molecular weight is 299 g/mol. The number of carbonyl (C=O) groups excluding carboxylic acids is 1. The Morgan fingerprint density at radius 1 is 1.18 bits per heavy atom. The van der Waals surface area contributed by atoms with Gasteiger partial charge in [-0.15, -0.1) is 0 Å². The van der Waals surface area contributed by atoms with Crippen LogP contribution in [0.1, 0.15) is 37.7 Å². The van der Waals surface area contributed by atoms with E-state index in [0.717, 1.165) is 31.7 Å². The highest BCUT2D eigenvalue weighted by Crippen LogP contribution is 2.60. The van der Waals surface area contributed by atoms with Crippen LogP contribution in [0.5, 0.6) is 0 Å². The second kappa shape index (κ2) is 5.38. The fraction of sp³-hybridized carbons (Fsp3) is 0.632. The molecule has 1 unspecified atom stereocenters. The molecule has 5 rings (SSSR count). The molecule has 0 aliphatic heterocycles. The van der Waals surface area contributed by atoms with Gasteiger partial charge >= 0.3 is 5.97 Å². The van der Waals surface area contributed by atoms with Crippen LogP contribution in [0.4, 0.5) is 0 Å². The minimum absolute atomic E-state index is 0.0495. The molecule has 22 heavy (non-hydrogen) atoms. The summed E-state index contributed by atoms with van der Waals surface area (Å²) >= 11 is 0. The van der Waals surface area contributed by atoms with E-state index in [-0.39, 0.29) is 11.4 Å². The second-order valence-electron chi connectivity index (χ2n) is 7.63. The van der Waals surface area contributed by atoms with Crippen molar-refractivity contribution in [2.24, 2.45) is 23.2 Å². The first kappa shape index (κ1) is 14.3. The summed E-state index contributed by atoms with van der Waals surface area (Å²) in [6.07, 6.45) is 5.71. The number of carbonyl (C=O) groups is 1. The van der Waals surface area contributed by atoms with E-state index in [4.69, 9.17) is 4.74 Å². The molecule has 118 valence electrons. The molecular formula is C19H25NO2. The molecule has 4 aliphatic rings. The van der Waals surface area contributed by atoms with Crippen LogP contribution in [0, 0.1) is 23.2 Å². The zero-order chi connectivity index (χ0) is 15.2. The van der Waals surface area contributed by atoms with Crippen molar-refractivity contribution in [2.45, 2.75) is 44.7 Å². The number of methoxy groups -OCH3 is 1. The van der Waals surface area contributed by atoms with Gasteiger partial charge in [0.15, 0.2) is 0 Å². The maximum atomic E-state index is 12.3. The van der Waals surface area contributed by atoms with Gasteiger partial charge in [-0.05, 0) is 55.4 Å². The molecule has 0 amide bonds. The summed E-state index contributed by atoms with van der Waals surface area (Å²) < 4.78 is 5.14. The number of ether oxygens (including phenoxy) is 1. The number of esters is 1. The van der Waals surface area contributed by atoms with Gasteiger partial charge in [0, 0.05) is 12.6 Å². The molecule has 1 aromatic carbocycles. The van der Waals surface area contributed by atoms with Gasteiger partial charge in [-0.25, -0.2) is 0 Å². The Morgan fingerprint density at radius 2 is 1.86 bits per heavy atom. The maximum Gasteiger partial charge on any atom is 0.311 e. The Morgan fingerprint density at radius 3 is 2.50 bits per heavy atom. The smallest absolute Gasteiger partial charge is 0.311 e. The Bertz CT molecular complexity index is 540. The van der Waals surface area contributed by atoms with Crippen LogP contribution in [-0.4, -0.2) is 19.1 Å². The lowest BCUT2D eigenvalue weighted by atomic mass is 9.48. The van der Waals surface area contributed by atoms with Crippen molar-refractivity contribution >= 4 is 5.97 Å². The van der Waals surface area contributed by atoms with Gasteiger partial charge < -0.3 is 10.1 Å². The van der Waals surface area contributed by atoms with Crippen molar-refractivity contribution in [2.75, 3.05) is 7.11 Å². The van der Waals surface area contributed by atoms with E-state index in [2.05, 4.69) is 35.6 Å². The monoisotopic (exact) mass is 299 g/mol. The molecule has 4 bridgehead atoms. The molecule has 0 spiro atoms. The van der Waals surface area contributed by atoms with Gasteiger partial charge in [0.2, 0.25) is 0 Å². The number of hydrogen-bond donors (Lipinski definition) is 1. The summed E-state index contributed by atoms with van der Waals surface area (Å²) in [6, 6.07) is 11.2. The van der Waals surface area contributed by atoms with E-state index in [9.17, 15) is 4.79 Å². The van der Waals surface area contributed by atoms with E-state index in [1.54, 1.807) is 7.11 Å². The topological polar surface area (TPSA) is 38.3 Å². The SMILES string of the molecule is COC(=O)[C@]12C[C@@H]3C[C@H](C1)C(NCc1ccccc1)[C@@H](C3)C2. The van der Waals surface area contributed by atoms with Crippen LogP contribution >= 0.6 is 0 Å². The van der Waals surface area contributed by atoms with E-state index in [0.29, 0.717) is 17.9 Å². The highest BCUT2D eigenvalue weighted by atomic mass is 16.5. The Labute approximate surface area is 132 Å². The Hall–Kier alpha value is -1.35. The molecule has 0 radical (unpaired) electrons. The van der Waals surface area contributed by atoms with Gasteiger partial charge in [-0.3, -0.25) is 4.79 Å². The first-order valence-corrected chi connectivity index (χ1v) is 8.56. The molecule has 0 aromatic heterocycles. The number of rotatable bonds is 4. The molecule has 3 nitrogen and oxygen atoms in total. The Balaban J connectivity index is 1.48. The van der Waals surface area contributed by atoms with Crippen molar-refractivity contribution < 1.29 is 9.53 Å². The normalized spacial score (nSPS) is 39.0. The molecule has 4 aliphatic carbocycles. The van der Waals surface area contributed by atoms with E-state index < -0.39 is 0 Å². The molecule has 5 atom stereocenters. The fourth-order valence-electron chi connectivity index (χ4n) is 5.66. The quantitative estimate of drug-likeness (QED) is 0.868. The summed E-state index contributed by atoms with van der Waals surface area (Å²) in [7, 11) is 1.55. The third kappa shape index (κ3) is 2.26. The second-order valence-corrected chi connectivity index (χ2v) is 7.63. The minimum Gasteiger partial charge on any atom is -0.469 e. The lowest BCUT2D eigenvalue weighted by Gasteiger charge is -2.58. The van der Waals surface area contributed by atoms with Crippen molar-refractivity contribution in [1.82, 2.24) is 5.32 Å². The van der Waals surface area contributed by atoms with Crippen LogP contribution in [0.25, 0.3) is 0 Å². The maximum absolute atomic E-state index is 12.3. The highest BCUT2D eigenvalue weighted by molar-refractivity contribution is 5.77. The molecule has 3 heteroatoms. The number of nitrogens with one attached hydrogen (secondary N) is 1. The van der Waals surface area contributed by atoms with Crippen LogP contribution in [-0.2, 0) is 16.1 Å². The molecule has 1 aromatic rings. The largest absolute Gasteiger partial charge is 0.469 e. The average Bonchev–Trinajstić information content (AvgIpc) is 2.54. The first-order valence-electron chi connectivity index (χ1n) is 8.56. The first-order chi connectivity index (χ1) is 10.7. The molecule has 0 saturated heterocycles. The van der Waals surface area contributed by atoms with Crippen LogP contribution in [0.3, 0.4) is 0 Å². The number of hydrogen-bond acceptors (Lipinski definition) is 3. The van der Waals surface area contributed by atoms with E-state index >= 15 is 0 Å². The zero-order valence-corrected chi connectivity index (χ0v) is 13.3. The summed E-state index contributed by atoms with van der Waals surface area (Å²) in [6.45, 7) is 0.939. The standard InChI is InChI=1S/C19H25NO2/c1-22-18(21)19-9-14-7-15(10-19)17(16(8-14)11-19)20-12-13-5-3-2-4-6-13/h2-6,14-17,20H,7-12H2,1H3/t14-,15-,16+,17?,19-. The van der Waals surface area contributed by atoms with Gasteiger partial charge in [0.05, 0.1) is 12.5 Å². The molecular weight excluding hydrogens is 274 g/mol. The van der Waals surface area contributed by atoms with Gasteiger partial charge in [0.1, 0.15) is 0 Å². The van der Waals surface area contributed by atoms with Gasteiger partial charge in [-0.2, -0.15) is 0 Å². The van der Waals surface area contributed by atoms with E-state index in [1.807, 2.05) is 0 Å². The van der Waals surface area contributed by atoms with Gasteiger partial charge in [-0.1, -0.05) is 30.3 Å². The highest BCUT2D eigenvalue weighted by Gasteiger charge is 2.58. The summed E-state index contributed by atoms with van der Waals surface area (Å²) in [5, 5.41) is 3.80. The van der Waals surface area contributed by atoms with Crippen molar-refractivity contribution in [1.29, 1.82) is 0 Å². The number of benzene rings is 1. The molecule has 0 heterocycles. The van der Waals surface area contributed by atoms with E-state index in [1.165, 1.54) is 18.4 Å².